The molecule has 0 atom stereocenters. The smallest absolute Gasteiger partial charge is 0.353 e. The summed E-state index contributed by atoms with van der Waals surface area (Å²) in [7, 11) is 0. The number of nitrogen functional groups attached to an aromatic ring is 1. The second kappa shape index (κ2) is 8.16. The predicted molar refractivity (Wildman–Crippen MR) is 98.6 cm³/mol. The minimum absolute atomic E-state index is 0.0847. The zero-order valence-electron chi connectivity index (χ0n) is 14.0. The summed E-state index contributed by atoms with van der Waals surface area (Å²) >= 11 is 1.32. The molecule has 3 rings (SSSR count). The minimum atomic E-state index is -0.438. The van der Waals surface area contributed by atoms with Gasteiger partial charge in [0.15, 0.2) is 5.75 Å². The molecule has 0 saturated heterocycles. The van der Waals surface area contributed by atoms with E-state index in [4.69, 9.17) is 10.5 Å². The van der Waals surface area contributed by atoms with E-state index in [1.807, 2.05) is 6.07 Å². The molecule has 0 aliphatic heterocycles. The Bertz CT molecular complexity index is 751. The number of ether oxygens (including phenoxy) is 1. The van der Waals surface area contributed by atoms with Crippen LogP contribution in [0.1, 0.15) is 46.7 Å². The van der Waals surface area contributed by atoms with Crippen molar-refractivity contribution in [3.8, 4) is 5.75 Å². The van der Waals surface area contributed by atoms with E-state index in [0.717, 1.165) is 17.7 Å². The maximum absolute atomic E-state index is 12.2. The number of rotatable bonds is 6. The van der Waals surface area contributed by atoms with Crippen LogP contribution in [-0.4, -0.2) is 11.9 Å². The molecule has 132 valence electrons. The van der Waals surface area contributed by atoms with Crippen LogP contribution in [0, 0.1) is 5.92 Å². The summed E-state index contributed by atoms with van der Waals surface area (Å²) in [6.45, 7) is 0.441. The molecule has 1 aliphatic carbocycles. The molecule has 1 fully saturated rings. The van der Waals surface area contributed by atoms with E-state index in [9.17, 15) is 9.59 Å². The number of nitrogens with two attached hydrogens (primary N) is 1. The van der Waals surface area contributed by atoms with Crippen LogP contribution in [0.25, 0.3) is 0 Å². The van der Waals surface area contributed by atoms with Gasteiger partial charge in [-0.3, -0.25) is 4.79 Å². The highest BCUT2D eigenvalue weighted by molar-refractivity contribution is 7.13. The number of amides is 1. The molecule has 5 nitrogen and oxygen atoms in total. The number of carbonyl (C=O) groups is 2. The molecule has 1 aromatic heterocycles. The van der Waals surface area contributed by atoms with Crippen molar-refractivity contribution in [1.29, 1.82) is 0 Å². The van der Waals surface area contributed by atoms with Crippen molar-refractivity contribution < 1.29 is 14.3 Å². The Morgan fingerprint density at radius 1 is 1.16 bits per heavy atom. The fourth-order valence-electron chi connectivity index (χ4n) is 3.04. The van der Waals surface area contributed by atoms with Crippen LogP contribution in [0.3, 0.4) is 0 Å². The number of nitrogens with one attached hydrogen (secondary N) is 1. The van der Waals surface area contributed by atoms with E-state index in [0.29, 0.717) is 35.2 Å². The highest BCUT2D eigenvalue weighted by atomic mass is 32.1. The van der Waals surface area contributed by atoms with Gasteiger partial charge in [0.25, 0.3) is 0 Å². The van der Waals surface area contributed by atoms with Crippen LogP contribution in [0.2, 0.25) is 0 Å². The molecule has 0 bridgehead atoms. The molecule has 0 radical (unpaired) electrons. The molecular weight excluding hydrogens is 336 g/mol. The second-order valence-corrected chi connectivity index (χ2v) is 7.49. The SMILES string of the molecule is Nc1ccccc1OC(=O)c1ccc(CNC(=O)CC2CCCC2)s1. The molecule has 1 aliphatic rings. The van der Waals surface area contributed by atoms with Crippen molar-refractivity contribution in [3.05, 3.63) is 46.2 Å². The lowest BCUT2D eigenvalue weighted by Gasteiger charge is -2.08. The van der Waals surface area contributed by atoms with E-state index >= 15 is 0 Å². The molecular formula is C19H22N2O3S. The molecule has 3 N–H and O–H groups in total. The number of hydrogen-bond donors (Lipinski definition) is 2. The molecule has 1 amide bonds. The first kappa shape index (κ1) is 17.5. The quantitative estimate of drug-likeness (QED) is 0.468. The maximum Gasteiger partial charge on any atom is 0.353 e. The predicted octanol–water partition coefficient (Wildman–Crippen LogP) is 3.75. The fourth-order valence-corrected chi connectivity index (χ4v) is 3.86. The molecule has 1 heterocycles. The van der Waals surface area contributed by atoms with Crippen LogP contribution >= 0.6 is 11.3 Å². The topological polar surface area (TPSA) is 81.4 Å². The summed E-state index contributed by atoms with van der Waals surface area (Å²) in [5.41, 5.74) is 6.20. The van der Waals surface area contributed by atoms with E-state index < -0.39 is 5.97 Å². The van der Waals surface area contributed by atoms with Gasteiger partial charge in [-0.25, -0.2) is 4.79 Å². The summed E-state index contributed by atoms with van der Waals surface area (Å²) in [5, 5.41) is 2.94. The van der Waals surface area contributed by atoms with Crippen LogP contribution < -0.4 is 15.8 Å². The third kappa shape index (κ3) is 4.82. The summed E-state index contributed by atoms with van der Waals surface area (Å²) in [6, 6.07) is 10.4. The van der Waals surface area contributed by atoms with Gasteiger partial charge in [-0.1, -0.05) is 25.0 Å². The Hall–Kier alpha value is -2.34. The highest BCUT2D eigenvalue weighted by Crippen LogP contribution is 2.27. The van der Waals surface area contributed by atoms with Crippen molar-refractivity contribution in [3.63, 3.8) is 0 Å². The largest absolute Gasteiger partial charge is 0.420 e. The third-order valence-corrected chi connectivity index (χ3v) is 5.46. The van der Waals surface area contributed by atoms with Gasteiger partial charge in [-0.2, -0.15) is 0 Å². The summed E-state index contributed by atoms with van der Waals surface area (Å²) < 4.78 is 5.32. The number of anilines is 1. The van der Waals surface area contributed by atoms with Gasteiger partial charge >= 0.3 is 5.97 Å². The Kier molecular flexibility index (Phi) is 5.71. The van der Waals surface area contributed by atoms with Crippen LogP contribution in [-0.2, 0) is 11.3 Å². The van der Waals surface area contributed by atoms with Crippen LogP contribution in [0.4, 0.5) is 5.69 Å². The Morgan fingerprint density at radius 3 is 2.68 bits per heavy atom. The number of hydrogen-bond acceptors (Lipinski definition) is 5. The van der Waals surface area contributed by atoms with Gasteiger partial charge < -0.3 is 15.8 Å². The second-order valence-electron chi connectivity index (χ2n) is 6.32. The average Bonchev–Trinajstić information content (AvgIpc) is 3.26. The standard InChI is InChI=1S/C19H22N2O3S/c20-15-7-3-4-8-16(15)24-19(23)17-10-9-14(25-17)12-21-18(22)11-13-5-1-2-6-13/h3-4,7-10,13H,1-2,5-6,11-12,20H2,(H,21,22). The lowest BCUT2D eigenvalue weighted by molar-refractivity contribution is -0.122. The number of para-hydroxylation sites is 2. The molecule has 0 unspecified atom stereocenters. The zero-order chi connectivity index (χ0) is 17.6. The molecule has 25 heavy (non-hydrogen) atoms. The van der Waals surface area contributed by atoms with Gasteiger partial charge in [-0.15, -0.1) is 11.3 Å². The van der Waals surface area contributed by atoms with Crippen molar-refractivity contribution in [2.45, 2.75) is 38.6 Å². The molecule has 1 saturated carbocycles. The normalized spacial score (nSPS) is 14.4. The first-order chi connectivity index (χ1) is 12.1. The van der Waals surface area contributed by atoms with Crippen molar-refractivity contribution in [1.82, 2.24) is 5.32 Å². The number of thiophene rings is 1. The highest BCUT2D eigenvalue weighted by Gasteiger charge is 2.18. The van der Waals surface area contributed by atoms with Gasteiger partial charge in [-0.05, 0) is 43.0 Å². The number of esters is 1. The summed E-state index contributed by atoms with van der Waals surface area (Å²) in [4.78, 5) is 25.6. The van der Waals surface area contributed by atoms with Crippen molar-refractivity contribution in [2.24, 2.45) is 5.92 Å². The first-order valence-electron chi connectivity index (χ1n) is 8.54. The third-order valence-electron chi connectivity index (χ3n) is 4.39. The number of carbonyl (C=O) groups excluding carboxylic acids is 2. The van der Waals surface area contributed by atoms with Crippen molar-refractivity contribution in [2.75, 3.05) is 5.73 Å². The maximum atomic E-state index is 12.2. The Balaban J connectivity index is 1.50. The van der Waals surface area contributed by atoms with Crippen LogP contribution in [0.5, 0.6) is 5.75 Å². The fraction of sp³-hybridized carbons (Fsp3) is 0.368. The Morgan fingerprint density at radius 2 is 1.92 bits per heavy atom. The van der Waals surface area contributed by atoms with Gasteiger partial charge in [0, 0.05) is 11.3 Å². The molecule has 6 heteroatoms. The van der Waals surface area contributed by atoms with Gasteiger partial charge in [0.05, 0.1) is 12.2 Å². The molecule has 1 aromatic carbocycles. The van der Waals surface area contributed by atoms with E-state index in [2.05, 4.69) is 5.32 Å². The Labute approximate surface area is 151 Å². The number of benzene rings is 1. The van der Waals surface area contributed by atoms with Gasteiger partial charge in [0.1, 0.15) is 4.88 Å². The summed E-state index contributed by atoms with van der Waals surface area (Å²) in [5.74, 6) is 0.533. The van der Waals surface area contributed by atoms with E-state index in [1.54, 1.807) is 30.3 Å². The lowest BCUT2D eigenvalue weighted by atomic mass is 10.0. The van der Waals surface area contributed by atoms with Crippen LogP contribution in [0.15, 0.2) is 36.4 Å². The first-order valence-corrected chi connectivity index (χ1v) is 9.35. The van der Waals surface area contributed by atoms with E-state index in [-0.39, 0.29) is 5.91 Å². The monoisotopic (exact) mass is 358 g/mol. The van der Waals surface area contributed by atoms with Gasteiger partial charge in [0.2, 0.25) is 5.91 Å². The zero-order valence-corrected chi connectivity index (χ0v) is 14.8. The minimum Gasteiger partial charge on any atom is -0.420 e. The average molecular weight is 358 g/mol. The molecule has 2 aromatic rings. The van der Waals surface area contributed by atoms with E-state index in [1.165, 1.54) is 24.2 Å². The van der Waals surface area contributed by atoms with Crippen molar-refractivity contribution >= 4 is 28.9 Å². The molecule has 0 spiro atoms. The lowest BCUT2D eigenvalue weighted by Crippen LogP contribution is -2.24. The summed E-state index contributed by atoms with van der Waals surface area (Å²) in [6.07, 6.45) is 5.39.